The molecule has 1 unspecified atom stereocenters. The molecule has 1 aliphatic heterocycles. The molecule has 2 aliphatic rings. The first kappa shape index (κ1) is 10.4. The number of rotatable bonds is 3. The van der Waals surface area contributed by atoms with Gasteiger partial charge in [0.15, 0.2) is 0 Å². The first-order valence-electron chi connectivity index (χ1n) is 6.24. The maximum Gasteiger partial charge on any atom is 0.0153 e. The van der Waals surface area contributed by atoms with E-state index in [4.69, 9.17) is 0 Å². The fraction of sp³-hybridized carbons (Fsp3) is 1.00. The van der Waals surface area contributed by atoms with Gasteiger partial charge in [-0.25, -0.2) is 0 Å². The molecular formula is C12H24N2. The lowest BCUT2D eigenvalue weighted by Gasteiger charge is -2.30. The van der Waals surface area contributed by atoms with Gasteiger partial charge in [0.25, 0.3) is 0 Å². The van der Waals surface area contributed by atoms with Crippen LogP contribution in [-0.4, -0.2) is 25.2 Å². The predicted octanol–water partition coefficient (Wildman–Crippen LogP) is 1.91. The fourth-order valence-corrected chi connectivity index (χ4v) is 2.82. The van der Waals surface area contributed by atoms with Crippen molar-refractivity contribution in [2.45, 2.75) is 51.0 Å². The van der Waals surface area contributed by atoms with Crippen molar-refractivity contribution in [3.8, 4) is 0 Å². The molecule has 0 bridgehead atoms. The Morgan fingerprint density at radius 3 is 2.71 bits per heavy atom. The van der Waals surface area contributed by atoms with E-state index in [-0.39, 0.29) is 0 Å². The Morgan fingerprint density at radius 1 is 1.29 bits per heavy atom. The summed E-state index contributed by atoms with van der Waals surface area (Å²) < 4.78 is 0. The molecule has 0 aromatic heterocycles. The first-order chi connectivity index (χ1) is 6.79. The van der Waals surface area contributed by atoms with Crippen molar-refractivity contribution in [1.82, 2.24) is 10.6 Å². The molecule has 0 spiro atoms. The summed E-state index contributed by atoms with van der Waals surface area (Å²) in [6, 6.07) is 0. The van der Waals surface area contributed by atoms with Crippen LogP contribution in [0.1, 0.15) is 45.4 Å². The van der Waals surface area contributed by atoms with Gasteiger partial charge in [0.2, 0.25) is 0 Å². The number of piperidine rings is 1. The molecule has 1 aliphatic carbocycles. The van der Waals surface area contributed by atoms with Crippen LogP contribution in [-0.2, 0) is 0 Å². The third-order valence-corrected chi connectivity index (χ3v) is 3.92. The van der Waals surface area contributed by atoms with Crippen molar-refractivity contribution < 1.29 is 0 Å². The maximum atomic E-state index is 3.79. The lowest BCUT2D eigenvalue weighted by atomic mass is 9.96. The molecule has 82 valence electrons. The van der Waals surface area contributed by atoms with Gasteiger partial charge in [-0.2, -0.15) is 0 Å². The molecule has 0 aromatic rings. The molecule has 0 radical (unpaired) electrons. The zero-order chi connectivity index (χ0) is 9.86. The van der Waals surface area contributed by atoms with Crippen LogP contribution in [0.25, 0.3) is 0 Å². The minimum atomic E-state index is 0.470. The van der Waals surface area contributed by atoms with Crippen molar-refractivity contribution in [2.24, 2.45) is 5.92 Å². The molecule has 2 nitrogen and oxygen atoms in total. The van der Waals surface area contributed by atoms with E-state index in [2.05, 4.69) is 17.6 Å². The van der Waals surface area contributed by atoms with E-state index >= 15 is 0 Å². The summed E-state index contributed by atoms with van der Waals surface area (Å²) in [6.07, 6.45) is 8.39. The molecule has 0 amide bonds. The summed E-state index contributed by atoms with van der Waals surface area (Å²) in [4.78, 5) is 0. The smallest absolute Gasteiger partial charge is 0.0153 e. The van der Waals surface area contributed by atoms with E-state index in [0.717, 1.165) is 5.92 Å². The van der Waals surface area contributed by atoms with Crippen LogP contribution >= 0.6 is 0 Å². The van der Waals surface area contributed by atoms with Crippen LogP contribution in [0.15, 0.2) is 0 Å². The minimum absolute atomic E-state index is 0.470. The van der Waals surface area contributed by atoms with E-state index < -0.39 is 0 Å². The summed E-state index contributed by atoms with van der Waals surface area (Å²) >= 11 is 0. The molecule has 1 heterocycles. The van der Waals surface area contributed by atoms with Gasteiger partial charge in [-0.3, -0.25) is 0 Å². The van der Waals surface area contributed by atoms with Crippen molar-refractivity contribution in [3.63, 3.8) is 0 Å². The van der Waals surface area contributed by atoms with E-state index in [1.165, 1.54) is 58.2 Å². The Kier molecular flexibility index (Phi) is 3.45. The predicted molar refractivity (Wildman–Crippen MR) is 60.5 cm³/mol. The van der Waals surface area contributed by atoms with Gasteiger partial charge >= 0.3 is 0 Å². The van der Waals surface area contributed by atoms with Crippen molar-refractivity contribution in [3.05, 3.63) is 0 Å². The summed E-state index contributed by atoms with van der Waals surface area (Å²) in [5.41, 5.74) is 0.470. The number of hydrogen-bond acceptors (Lipinski definition) is 2. The monoisotopic (exact) mass is 196 g/mol. The third-order valence-electron chi connectivity index (χ3n) is 3.92. The maximum absolute atomic E-state index is 3.79. The van der Waals surface area contributed by atoms with Crippen LogP contribution in [0.5, 0.6) is 0 Å². The van der Waals surface area contributed by atoms with Crippen molar-refractivity contribution >= 4 is 0 Å². The van der Waals surface area contributed by atoms with Gasteiger partial charge in [0.05, 0.1) is 0 Å². The largest absolute Gasteiger partial charge is 0.316 e. The highest BCUT2D eigenvalue weighted by molar-refractivity contribution is 4.89. The topological polar surface area (TPSA) is 24.1 Å². The van der Waals surface area contributed by atoms with Gasteiger partial charge in [-0.05, 0) is 58.2 Å². The quantitative estimate of drug-likeness (QED) is 0.720. The van der Waals surface area contributed by atoms with Gasteiger partial charge in [0.1, 0.15) is 0 Å². The van der Waals surface area contributed by atoms with Crippen molar-refractivity contribution in [1.29, 1.82) is 0 Å². The molecule has 2 heteroatoms. The summed E-state index contributed by atoms with van der Waals surface area (Å²) in [5, 5.41) is 7.27. The minimum Gasteiger partial charge on any atom is -0.316 e. The SMILES string of the molecule is CC1(NCC2CCCNC2)CCCC1. The van der Waals surface area contributed by atoms with Gasteiger partial charge in [0, 0.05) is 5.54 Å². The molecule has 14 heavy (non-hydrogen) atoms. The van der Waals surface area contributed by atoms with Crippen LogP contribution < -0.4 is 10.6 Å². The molecule has 1 saturated carbocycles. The van der Waals surface area contributed by atoms with Crippen LogP contribution in [0.4, 0.5) is 0 Å². The Morgan fingerprint density at radius 2 is 2.07 bits per heavy atom. The Bertz CT molecular complexity index is 167. The molecule has 1 atom stereocenters. The van der Waals surface area contributed by atoms with E-state index in [1.54, 1.807) is 0 Å². The molecule has 2 rings (SSSR count). The normalized spacial score (nSPS) is 31.9. The Hall–Kier alpha value is -0.0800. The van der Waals surface area contributed by atoms with Crippen LogP contribution in [0, 0.1) is 5.92 Å². The van der Waals surface area contributed by atoms with Gasteiger partial charge < -0.3 is 10.6 Å². The highest BCUT2D eigenvalue weighted by Gasteiger charge is 2.28. The van der Waals surface area contributed by atoms with Crippen LogP contribution in [0.3, 0.4) is 0 Å². The number of nitrogens with one attached hydrogen (secondary N) is 2. The molecular weight excluding hydrogens is 172 g/mol. The summed E-state index contributed by atoms with van der Waals surface area (Å²) in [6.45, 7) is 6.08. The Balaban J connectivity index is 1.70. The van der Waals surface area contributed by atoms with Crippen molar-refractivity contribution in [2.75, 3.05) is 19.6 Å². The third kappa shape index (κ3) is 2.71. The molecule has 1 saturated heterocycles. The standard InChI is InChI=1S/C12H24N2/c1-12(6-2-3-7-12)14-10-11-5-4-8-13-9-11/h11,13-14H,2-10H2,1H3. The average Bonchev–Trinajstić information content (AvgIpc) is 2.65. The molecule has 2 fully saturated rings. The fourth-order valence-electron chi connectivity index (χ4n) is 2.82. The van der Waals surface area contributed by atoms with E-state index in [9.17, 15) is 0 Å². The lowest BCUT2D eigenvalue weighted by molar-refractivity contribution is 0.294. The van der Waals surface area contributed by atoms with Crippen LogP contribution in [0.2, 0.25) is 0 Å². The summed E-state index contributed by atoms with van der Waals surface area (Å²) in [7, 11) is 0. The molecule has 2 N–H and O–H groups in total. The highest BCUT2D eigenvalue weighted by Crippen LogP contribution is 2.29. The van der Waals surface area contributed by atoms with Gasteiger partial charge in [-0.1, -0.05) is 12.8 Å². The highest BCUT2D eigenvalue weighted by atomic mass is 15.0. The molecule has 0 aromatic carbocycles. The number of hydrogen-bond donors (Lipinski definition) is 2. The lowest BCUT2D eigenvalue weighted by Crippen LogP contribution is -2.45. The van der Waals surface area contributed by atoms with E-state index in [1.807, 2.05) is 0 Å². The second-order valence-electron chi connectivity index (χ2n) is 5.36. The Labute approximate surface area is 87.8 Å². The van der Waals surface area contributed by atoms with E-state index in [0.29, 0.717) is 5.54 Å². The first-order valence-corrected chi connectivity index (χ1v) is 6.24. The second kappa shape index (κ2) is 4.63. The zero-order valence-electron chi connectivity index (χ0n) is 9.44. The second-order valence-corrected chi connectivity index (χ2v) is 5.36. The van der Waals surface area contributed by atoms with Gasteiger partial charge in [-0.15, -0.1) is 0 Å². The summed E-state index contributed by atoms with van der Waals surface area (Å²) in [5.74, 6) is 0.876. The zero-order valence-corrected chi connectivity index (χ0v) is 9.44. The average molecular weight is 196 g/mol.